The highest BCUT2D eigenvalue weighted by Gasteiger charge is 2.13. The molecule has 0 radical (unpaired) electrons. The van der Waals surface area contributed by atoms with E-state index in [0.717, 1.165) is 5.56 Å². The topological polar surface area (TPSA) is 51.2 Å². The molecule has 1 N–H and O–H groups in total. The molecule has 4 nitrogen and oxygen atoms in total. The summed E-state index contributed by atoms with van der Waals surface area (Å²) in [6, 6.07) is 9.09. The summed E-state index contributed by atoms with van der Waals surface area (Å²) >= 11 is 3.27. The first-order chi connectivity index (χ1) is 9.61. The van der Waals surface area contributed by atoms with Crippen molar-refractivity contribution in [3.8, 4) is 5.75 Å². The molecule has 0 aliphatic heterocycles. The van der Waals surface area contributed by atoms with Gasteiger partial charge < -0.3 is 10.1 Å². The number of rotatable bonds is 4. The van der Waals surface area contributed by atoms with Gasteiger partial charge in [-0.3, -0.25) is 4.79 Å². The van der Waals surface area contributed by atoms with Crippen LogP contribution in [0.1, 0.15) is 22.8 Å². The Bertz CT molecular complexity index is 629. The third kappa shape index (κ3) is 3.36. The van der Waals surface area contributed by atoms with Crippen LogP contribution >= 0.6 is 15.9 Å². The second kappa shape index (κ2) is 6.52. The van der Waals surface area contributed by atoms with Crippen LogP contribution in [0.3, 0.4) is 0 Å². The smallest absolute Gasteiger partial charge is 0.258 e. The molecule has 5 heteroatoms. The molecule has 1 aromatic carbocycles. The second-order valence-corrected chi connectivity index (χ2v) is 4.98. The molecule has 104 valence electrons. The Balaban J connectivity index is 2.26. The number of anilines is 1. The van der Waals surface area contributed by atoms with Crippen molar-refractivity contribution in [1.29, 1.82) is 0 Å². The molecule has 1 heterocycles. The van der Waals surface area contributed by atoms with Gasteiger partial charge in [-0.2, -0.15) is 0 Å². The van der Waals surface area contributed by atoms with Gasteiger partial charge in [0, 0.05) is 6.20 Å². The summed E-state index contributed by atoms with van der Waals surface area (Å²) in [4.78, 5) is 16.3. The van der Waals surface area contributed by atoms with Crippen molar-refractivity contribution in [2.45, 2.75) is 13.8 Å². The summed E-state index contributed by atoms with van der Waals surface area (Å²) < 4.78 is 6.06. The van der Waals surface area contributed by atoms with Crippen molar-refractivity contribution in [1.82, 2.24) is 4.98 Å². The van der Waals surface area contributed by atoms with Gasteiger partial charge in [-0.25, -0.2) is 4.98 Å². The van der Waals surface area contributed by atoms with Gasteiger partial charge in [0.25, 0.3) is 5.91 Å². The highest BCUT2D eigenvalue weighted by Crippen LogP contribution is 2.26. The normalized spacial score (nSPS) is 10.2. The Labute approximate surface area is 126 Å². The molecule has 0 bridgehead atoms. The monoisotopic (exact) mass is 334 g/mol. The number of halogens is 1. The maximum absolute atomic E-state index is 12.2. The molecule has 20 heavy (non-hydrogen) atoms. The predicted molar refractivity (Wildman–Crippen MR) is 82.2 cm³/mol. The average molecular weight is 335 g/mol. The Morgan fingerprint density at radius 3 is 2.90 bits per heavy atom. The largest absolute Gasteiger partial charge is 0.492 e. The van der Waals surface area contributed by atoms with Crippen molar-refractivity contribution >= 4 is 27.5 Å². The molecular formula is C15H15BrN2O2. The lowest BCUT2D eigenvalue weighted by Gasteiger charge is -2.12. The number of ether oxygens (including phenoxy) is 1. The van der Waals surface area contributed by atoms with E-state index in [9.17, 15) is 4.79 Å². The number of amides is 1. The Morgan fingerprint density at radius 1 is 1.40 bits per heavy atom. The zero-order chi connectivity index (χ0) is 14.5. The number of aromatic nitrogens is 1. The number of nitrogens with one attached hydrogen (secondary N) is 1. The molecule has 0 unspecified atom stereocenters. The molecule has 0 fully saturated rings. The van der Waals surface area contributed by atoms with Gasteiger partial charge in [-0.1, -0.05) is 6.07 Å². The highest BCUT2D eigenvalue weighted by atomic mass is 79.9. The van der Waals surface area contributed by atoms with E-state index < -0.39 is 0 Å². The minimum absolute atomic E-state index is 0.227. The number of hydrogen-bond acceptors (Lipinski definition) is 3. The Morgan fingerprint density at radius 2 is 2.20 bits per heavy atom. The maximum Gasteiger partial charge on any atom is 0.258 e. The van der Waals surface area contributed by atoms with Crippen LogP contribution < -0.4 is 10.1 Å². The van der Waals surface area contributed by atoms with Crippen LogP contribution in [0.25, 0.3) is 0 Å². The van der Waals surface area contributed by atoms with Gasteiger partial charge in [0.15, 0.2) is 0 Å². The SMILES string of the molecule is CCOc1cc(C)ccc1NC(=O)c1cccnc1Br. The van der Waals surface area contributed by atoms with Gasteiger partial charge >= 0.3 is 0 Å². The molecule has 0 aliphatic rings. The van der Waals surface area contributed by atoms with Gasteiger partial charge in [-0.05, 0) is 59.6 Å². The third-order valence-electron chi connectivity index (χ3n) is 2.69. The second-order valence-electron chi connectivity index (χ2n) is 4.23. The van der Waals surface area contributed by atoms with Crippen LogP contribution in [-0.2, 0) is 0 Å². The van der Waals surface area contributed by atoms with Crippen LogP contribution in [0.15, 0.2) is 41.1 Å². The molecule has 2 aromatic rings. The summed E-state index contributed by atoms with van der Waals surface area (Å²) in [5, 5.41) is 2.85. The van der Waals surface area contributed by atoms with Crippen molar-refractivity contribution in [3.63, 3.8) is 0 Å². The number of hydrogen-bond donors (Lipinski definition) is 1. The van der Waals surface area contributed by atoms with Crippen LogP contribution in [0.4, 0.5) is 5.69 Å². The zero-order valence-corrected chi connectivity index (χ0v) is 12.9. The van der Waals surface area contributed by atoms with E-state index in [1.807, 2.05) is 32.0 Å². The first-order valence-corrected chi connectivity index (χ1v) is 7.06. The van der Waals surface area contributed by atoms with Crippen molar-refractivity contribution in [3.05, 3.63) is 52.3 Å². The Kier molecular flexibility index (Phi) is 4.74. The van der Waals surface area contributed by atoms with E-state index in [-0.39, 0.29) is 5.91 Å². The van der Waals surface area contributed by atoms with Gasteiger partial charge in [0.05, 0.1) is 17.9 Å². The molecule has 0 saturated heterocycles. The van der Waals surface area contributed by atoms with E-state index in [1.54, 1.807) is 18.3 Å². The van der Waals surface area contributed by atoms with Gasteiger partial charge in [0.2, 0.25) is 0 Å². The quantitative estimate of drug-likeness (QED) is 0.865. The van der Waals surface area contributed by atoms with Crippen molar-refractivity contribution in [2.24, 2.45) is 0 Å². The summed E-state index contributed by atoms with van der Waals surface area (Å²) in [6.07, 6.45) is 1.62. The summed E-state index contributed by atoms with van der Waals surface area (Å²) in [5.74, 6) is 0.440. The van der Waals surface area contributed by atoms with Crippen LogP contribution in [0.5, 0.6) is 5.75 Å². The van der Waals surface area contributed by atoms with E-state index in [0.29, 0.717) is 28.2 Å². The maximum atomic E-state index is 12.2. The van der Waals surface area contributed by atoms with Crippen LogP contribution in [0.2, 0.25) is 0 Å². The molecule has 0 aliphatic carbocycles. The lowest BCUT2D eigenvalue weighted by atomic mass is 10.2. The summed E-state index contributed by atoms with van der Waals surface area (Å²) in [6.45, 7) is 4.43. The fourth-order valence-corrected chi connectivity index (χ4v) is 2.18. The van der Waals surface area contributed by atoms with Gasteiger partial charge in [0.1, 0.15) is 10.4 Å². The number of carbonyl (C=O) groups excluding carboxylic acids is 1. The average Bonchev–Trinajstić information content (AvgIpc) is 2.42. The van der Waals surface area contributed by atoms with Crippen molar-refractivity contribution < 1.29 is 9.53 Å². The number of benzene rings is 1. The molecule has 0 saturated carbocycles. The highest BCUT2D eigenvalue weighted by molar-refractivity contribution is 9.10. The lowest BCUT2D eigenvalue weighted by molar-refractivity contribution is 0.102. The number of aryl methyl sites for hydroxylation is 1. The molecule has 0 spiro atoms. The minimum Gasteiger partial charge on any atom is -0.492 e. The van der Waals surface area contributed by atoms with E-state index >= 15 is 0 Å². The first kappa shape index (κ1) is 14.5. The number of pyridine rings is 1. The van der Waals surface area contributed by atoms with Gasteiger partial charge in [-0.15, -0.1) is 0 Å². The van der Waals surface area contributed by atoms with E-state index in [1.165, 1.54) is 0 Å². The Hall–Kier alpha value is -1.88. The standard InChI is InChI=1S/C15H15BrN2O2/c1-3-20-13-9-10(2)6-7-12(13)18-15(19)11-5-4-8-17-14(11)16/h4-9H,3H2,1-2H3,(H,18,19). The van der Waals surface area contributed by atoms with Crippen molar-refractivity contribution in [2.75, 3.05) is 11.9 Å². The fourth-order valence-electron chi connectivity index (χ4n) is 1.75. The molecular weight excluding hydrogens is 320 g/mol. The van der Waals surface area contributed by atoms with Crippen LogP contribution in [-0.4, -0.2) is 17.5 Å². The first-order valence-electron chi connectivity index (χ1n) is 6.27. The van der Waals surface area contributed by atoms with E-state index in [4.69, 9.17) is 4.74 Å². The molecule has 0 atom stereocenters. The van der Waals surface area contributed by atoms with E-state index in [2.05, 4.69) is 26.2 Å². The molecule has 1 aromatic heterocycles. The minimum atomic E-state index is -0.227. The summed E-state index contributed by atoms with van der Waals surface area (Å²) in [5.41, 5.74) is 2.21. The van der Waals surface area contributed by atoms with Crippen LogP contribution in [0, 0.1) is 6.92 Å². The predicted octanol–water partition coefficient (Wildman–Crippen LogP) is 3.80. The summed E-state index contributed by atoms with van der Waals surface area (Å²) in [7, 11) is 0. The zero-order valence-electron chi connectivity index (χ0n) is 11.3. The fraction of sp³-hybridized carbons (Fsp3) is 0.200. The molecule has 1 amide bonds. The molecule has 2 rings (SSSR count). The number of carbonyl (C=O) groups is 1. The third-order valence-corrected chi connectivity index (χ3v) is 3.32. The lowest BCUT2D eigenvalue weighted by Crippen LogP contribution is -2.14. The number of nitrogens with zero attached hydrogens (tertiary/aromatic N) is 1.